The standard InChI is InChI=1S/C10H18N2O2/c1-7-9-8(4-3-5-11-9)6-12(7)10(13)14-2/h7-9,11H,3-6H2,1-2H3. The van der Waals surface area contributed by atoms with E-state index in [1.807, 2.05) is 4.90 Å². The quantitative estimate of drug-likeness (QED) is 0.626. The van der Waals surface area contributed by atoms with Gasteiger partial charge in [-0.1, -0.05) is 0 Å². The normalized spacial score (nSPS) is 36.7. The van der Waals surface area contributed by atoms with E-state index in [2.05, 4.69) is 12.2 Å². The molecule has 0 spiro atoms. The number of piperidine rings is 1. The maximum absolute atomic E-state index is 11.4. The summed E-state index contributed by atoms with van der Waals surface area (Å²) in [4.78, 5) is 13.3. The molecule has 2 fully saturated rings. The first-order valence-corrected chi connectivity index (χ1v) is 5.32. The first-order chi connectivity index (χ1) is 6.74. The van der Waals surface area contributed by atoms with E-state index in [4.69, 9.17) is 4.74 Å². The van der Waals surface area contributed by atoms with Crippen LogP contribution in [-0.2, 0) is 4.74 Å². The Hall–Kier alpha value is -0.770. The lowest BCUT2D eigenvalue weighted by Crippen LogP contribution is -2.46. The molecule has 2 aliphatic rings. The van der Waals surface area contributed by atoms with Gasteiger partial charge in [0.15, 0.2) is 0 Å². The van der Waals surface area contributed by atoms with Gasteiger partial charge in [0.1, 0.15) is 0 Å². The van der Waals surface area contributed by atoms with Gasteiger partial charge < -0.3 is 15.0 Å². The molecular formula is C10H18N2O2. The zero-order chi connectivity index (χ0) is 10.1. The van der Waals surface area contributed by atoms with Crippen molar-refractivity contribution in [2.75, 3.05) is 20.2 Å². The van der Waals surface area contributed by atoms with Crippen molar-refractivity contribution in [3.8, 4) is 0 Å². The fraction of sp³-hybridized carbons (Fsp3) is 0.900. The summed E-state index contributed by atoms with van der Waals surface area (Å²) < 4.78 is 4.77. The van der Waals surface area contributed by atoms with E-state index in [0.29, 0.717) is 12.0 Å². The van der Waals surface area contributed by atoms with Gasteiger partial charge >= 0.3 is 6.09 Å². The SMILES string of the molecule is COC(=O)N1CC2CCCNC2C1C. The van der Waals surface area contributed by atoms with Crippen molar-refractivity contribution in [1.82, 2.24) is 10.2 Å². The van der Waals surface area contributed by atoms with Crippen LogP contribution >= 0.6 is 0 Å². The molecule has 14 heavy (non-hydrogen) atoms. The van der Waals surface area contributed by atoms with Crippen molar-refractivity contribution < 1.29 is 9.53 Å². The van der Waals surface area contributed by atoms with Crippen LogP contribution in [0.1, 0.15) is 19.8 Å². The van der Waals surface area contributed by atoms with E-state index in [1.165, 1.54) is 20.0 Å². The maximum Gasteiger partial charge on any atom is 0.409 e. The number of carbonyl (C=O) groups excluding carboxylic acids is 1. The lowest BCUT2D eigenvalue weighted by Gasteiger charge is -2.28. The Labute approximate surface area is 84.6 Å². The van der Waals surface area contributed by atoms with Gasteiger partial charge in [-0.25, -0.2) is 4.79 Å². The topological polar surface area (TPSA) is 41.6 Å². The first-order valence-electron chi connectivity index (χ1n) is 5.32. The Kier molecular flexibility index (Phi) is 2.63. The molecular weight excluding hydrogens is 180 g/mol. The lowest BCUT2D eigenvalue weighted by atomic mass is 9.91. The minimum atomic E-state index is -0.186. The third-order valence-electron chi connectivity index (χ3n) is 3.49. The number of likely N-dealkylation sites (tertiary alicyclic amines) is 1. The van der Waals surface area contributed by atoms with Crippen LogP contribution in [0.2, 0.25) is 0 Å². The molecule has 1 amide bonds. The largest absolute Gasteiger partial charge is 0.453 e. The molecule has 3 atom stereocenters. The predicted molar refractivity (Wildman–Crippen MR) is 53.1 cm³/mol. The van der Waals surface area contributed by atoms with Gasteiger partial charge in [0.05, 0.1) is 7.11 Å². The van der Waals surface area contributed by atoms with Gasteiger partial charge in [-0.05, 0) is 32.2 Å². The molecule has 0 saturated carbocycles. The summed E-state index contributed by atoms with van der Waals surface area (Å²) in [7, 11) is 1.45. The van der Waals surface area contributed by atoms with Crippen LogP contribution in [0, 0.1) is 5.92 Å². The Balaban J connectivity index is 2.06. The highest BCUT2D eigenvalue weighted by Gasteiger charge is 2.42. The molecule has 0 aromatic rings. The van der Waals surface area contributed by atoms with Gasteiger partial charge in [0.25, 0.3) is 0 Å². The Morgan fingerprint density at radius 1 is 1.57 bits per heavy atom. The summed E-state index contributed by atoms with van der Waals surface area (Å²) in [5.74, 6) is 0.623. The number of nitrogens with zero attached hydrogens (tertiary/aromatic N) is 1. The van der Waals surface area contributed by atoms with Crippen LogP contribution in [0.25, 0.3) is 0 Å². The first kappa shape index (κ1) is 9.77. The number of ether oxygens (including phenoxy) is 1. The summed E-state index contributed by atoms with van der Waals surface area (Å²) in [5, 5.41) is 3.49. The highest BCUT2D eigenvalue weighted by molar-refractivity contribution is 5.68. The molecule has 0 aromatic heterocycles. The van der Waals surface area contributed by atoms with E-state index >= 15 is 0 Å². The second kappa shape index (κ2) is 3.77. The summed E-state index contributed by atoms with van der Waals surface area (Å²) in [5.41, 5.74) is 0. The average molecular weight is 198 g/mol. The second-order valence-corrected chi connectivity index (χ2v) is 4.25. The zero-order valence-electron chi connectivity index (χ0n) is 8.82. The summed E-state index contributed by atoms with van der Waals surface area (Å²) in [6.07, 6.45) is 2.27. The van der Waals surface area contributed by atoms with Crippen molar-refractivity contribution in [3.05, 3.63) is 0 Å². The molecule has 2 aliphatic heterocycles. The van der Waals surface area contributed by atoms with Gasteiger partial charge in [-0.2, -0.15) is 0 Å². The molecule has 3 unspecified atom stereocenters. The van der Waals surface area contributed by atoms with Crippen LogP contribution in [0.15, 0.2) is 0 Å². The minimum absolute atomic E-state index is 0.186. The Morgan fingerprint density at radius 3 is 3.00 bits per heavy atom. The van der Waals surface area contributed by atoms with E-state index in [-0.39, 0.29) is 12.1 Å². The molecule has 4 heteroatoms. The number of carbonyl (C=O) groups is 1. The predicted octanol–water partition coefficient (Wildman–Crippen LogP) is 0.825. The maximum atomic E-state index is 11.4. The number of fused-ring (bicyclic) bond motifs is 1. The molecule has 2 heterocycles. The summed E-state index contributed by atoms with van der Waals surface area (Å²) in [6.45, 7) is 4.03. The van der Waals surface area contributed by atoms with Gasteiger partial charge in [-0.15, -0.1) is 0 Å². The molecule has 0 bridgehead atoms. The van der Waals surface area contributed by atoms with Crippen LogP contribution < -0.4 is 5.32 Å². The van der Waals surface area contributed by atoms with Crippen LogP contribution in [-0.4, -0.2) is 43.3 Å². The second-order valence-electron chi connectivity index (χ2n) is 4.25. The van der Waals surface area contributed by atoms with Crippen molar-refractivity contribution in [3.63, 3.8) is 0 Å². The number of amides is 1. The third kappa shape index (κ3) is 1.47. The smallest absolute Gasteiger partial charge is 0.409 e. The summed E-state index contributed by atoms with van der Waals surface area (Å²) >= 11 is 0. The van der Waals surface area contributed by atoms with Gasteiger partial charge in [-0.3, -0.25) is 0 Å². The average Bonchev–Trinajstić information content (AvgIpc) is 2.56. The van der Waals surface area contributed by atoms with E-state index < -0.39 is 0 Å². The molecule has 2 rings (SSSR count). The van der Waals surface area contributed by atoms with E-state index in [0.717, 1.165) is 13.1 Å². The highest BCUT2D eigenvalue weighted by atomic mass is 16.5. The van der Waals surface area contributed by atoms with Crippen molar-refractivity contribution >= 4 is 6.09 Å². The molecule has 4 nitrogen and oxygen atoms in total. The Bertz CT molecular complexity index is 232. The number of hydrogen-bond acceptors (Lipinski definition) is 3. The van der Waals surface area contributed by atoms with Crippen molar-refractivity contribution in [2.45, 2.75) is 31.8 Å². The fourth-order valence-electron chi connectivity index (χ4n) is 2.72. The molecule has 0 radical (unpaired) electrons. The summed E-state index contributed by atoms with van der Waals surface area (Å²) in [6, 6.07) is 0.746. The number of hydrogen-bond donors (Lipinski definition) is 1. The molecule has 2 saturated heterocycles. The highest BCUT2D eigenvalue weighted by Crippen LogP contribution is 2.29. The fourth-order valence-corrected chi connectivity index (χ4v) is 2.72. The Morgan fingerprint density at radius 2 is 2.36 bits per heavy atom. The minimum Gasteiger partial charge on any atom is -0.453 e. The van der Waals surface area contributed by atoms with Crippen LogP contribution in [0.4, 0.5) is 4.79 Å². The molecule has 80 valence electrons. The number of methoxy groups -OCH3 is 1. The van der Waals surface area contributed by atoms with E-state index in [1.54, 1.807) is 0 Å². The van der Waals surface area contributed by atoms with Crippen molar-refractivity contribution in [2.24, 2.45) is 5.92 Å². The molecule has 0 aromatic carbocycles. The zero-order valence-corrected chi connectivity index (χ0v) is 8.82. The number of nitrogens with one attached hydrogen (secondary N) is 1. The van der Waals surface area contributed by atoms with Gasteiger partial charge in [0, 0.05) is 18.6 Å². The van der Waals surface area contributed by atoms with Gasteiger partial charge in [0.2, 0.25) is 0 Å². The van der Waals surface area contributed by atoms with Crippen LogP contribution in [0.5, 0.6) is 0 Å². The lowest BCUT2D eigenvalue weighted by molar-refractivity contribution is 0.119. The number of rotatable bonds is 0. The molecule has 1 N–H and O–H groups in total. The van der Waals surface area contributed by atoms with Crippen LogP contribution in [0.3, 0.4) is 0 Å². The molecule has 0 aliphatic carbocycles. The monoisotopic (exact) mass is 198 g/mol. The van der Waals surface area contributed by atoms with E-state index in [9.17, 15) is 4.79 Å². The van der Waals surface area contributed by atoms with Crippen molar-refractivity contribution in [1.29, 1.82) is 0 Å². The third-order valence-corrected chi connectivity index (χ3v) is 3.49.